The molecule has 0 radical (unpaired) electrons. The van der Waals surface area contributed by atoms with Gasteiger partial charge in [-0.15, -0.1) is 11.3 Å². The predicted octanol–water partition coefficient (Wildman–Crippen LogP) is 2.77. The Labute approximate surface area is 76.9 Å². The Morgan fingerprint density at radius 1 is 1.50 bits per heavy atom. The molecule has 0 aliphatic carbocycles. The van der Waals surface area contributed by atoms with Gasteiger partial charge < -0.3 is 0 Å². The Bertz CT molecular complexity index is 296. The van der Waals surface area contributed by atoms with Crippen LogP contribution in [0.3, 0.4) is 0 Å². The van der Waals surface area contributed by atoms with Crippen LogP contribution in [0.1, 0.15) is 36.6 Å². The molecule has 1 heterocycles. The van der Waals surface area contributed by atoms with Crippen LogP contribution >= 0.6 is 11.3 Å². The Balaban J connectivity index is 2.83. The SMILES string of the molecule is CC(C)C(C)c1ncc(C#N)s1. The molecule has 0 bridgehead atoms. The Kier molecular flexibility index (Phi) is 2.83. The van der Waals surface area contributed by atoms with Crippen molar-refractivity contribution in [3.8, 4) is 6.07 Å². The molecule has 1 unspecified atom stereocenters. The average Bonchev–Trinajstić information content (AvgIpc) is 2.50. The average molecular weight is 180 g/mol. The van der Waals surface area contributed by atoms with Gasteiger partial charge in [-0.05, 0) is 5.92 Å². The van der Waals surface area contributed by atoms with Gasteiger partial charge in [-0.1, -0.05) is 20.8 Å². The lowest BCUT2D eigenvalue weighted by Gasteiger charge is -2.10. The number of hydrogen-bond donors (Lipinski definition) is 0. The van der Waals surface area contributed by atoms with Gasteiger partial charge in [0.05, 0.1) is 11.2 Å². The van der Waals surface area contributed by atoms with Crippen LogP contribution in [0.2, 0.25) is 0 Å². The molecule has 0 aliphatic heterocycles. The minimum atomic E-state index is 0.456. The Morgan fingerprint density at radius 3 is 2.58 bits per heavy atom. The molecule has 0 amide bonds. The molecule has 0 aliphatic rings. The zero-order chi connectivity index (χ0) is 9.14. The number of rotatable bonds is 2. The lowest BCUT2D eigenvalue weighted by atomic mass is 9.99. The van der Waals surface area contributed by atoms with E-state index in [-0.39, 0.29) is 0 Å². The molecule has 12 heavy (non-hydrogen) atoms. The quantitative estimate of drug-likeness (QED) is 0.701. The van der Waals surface area contributed by atoms with E-state index in [2.05, 4.69) is 31.8 Å². The van der Waals surface area contributed by atoms with Gasteiger partial charge in [0.25, 0.3) is 0 Å². The molecule has 64 valence electrons. The molecular formula is C9H12N2S. The smallest absolute Gasteiger partial charge is 0.124 e. The minimum Gasteiger partial charge on any atom is -0.248 e. The topological polar surface area (TPSA) is 36.7 Å². The fourth-order valence-corrected chi connectivity index (χ4v) is 1.77. The summed E-state index contributed by atoms with van der Waals surface area (Å²) in [6.45, 7) is 6.47. The zero-order valence-electron chi connectivity index (χ0n) is 7.53. The highest BCUT2D eigenvalue weighted by atomic mass is 32.1. The zero-order valence-corrected chi connectivity index (χ0v) is 8.35. The summed E-state index contributed by atoms with van der Waals surface area (Å²) >= 11 is 1.50. The molecule has 1 aromatic heterocycles. The van der Waals surface area contributed by atoms with Crippen LogP contribution in [0, 0.1) is 17.2 Å². The van der Waals surface area contributed by atoms with Gasteiger partial charge in [0, 0.05) is 5.92 Å². The first-order chi connectivity index (χ1) is 5.65. The van der Waals surface area contributed by atoms with Gasteiger partial charge >= 0.3 is 0 Å². The second kappa shape index (κ2) is 3.68. The standard InChI is InChI=1S/C9H12N2S/c1-6(2)7(3)9-11-5-8(4-10)12-9/h5-7H,1-3H3. The van der Waals surface area contributed by atoms with Crippen LogP contribution in [0.4, 0.5) is 0 Å². The van der Waals surface area contributed by atoms with Crippen LogP contribution in [-0.2, 0) is 0 Å². The van der Waals surface area contributed by atoms with Crippen molar-refractivity contribution in [1.29, 1.82) is 5.26 Å². The Hall–Kier alpha value is -0.880. The summed E-state index contributed by atoms with van der Waals surface area (Å²) < 4.78 is 0. The molecule has 1 rings (SSSR count). The van der Waals surface area contributed by atoms with Gasteiger partial charge in [0.1, 0.15) is 10.9 Å². The summed E-state index contributed by atoms with van der Waals surface area (Å²) in [6.07, 6.45) is 1.65. The fourth-order valence-electron chi connectivity index (χ4n) is 0.835. The maximum Gasteiger partial charge on any atom is 0.124 e. The van der Waals surface area contributed by atoms with Crippen molar-refractivity contribution in [2.75, 3.05) is 0 Å². The molecular weight excluding hydrogens is 168 g/mol. The summed E-state index contributed by atoms with van der Waals surface area (Å²) in [6, 6.07) is 2.10. The third-order valence-corrected chi connectivity index (χ3v) is 3.13. The van der Waals surface area contributed by atoms with Gasteiger partial charge in [-0.25, -0.2) is 4.98 Å². The first kappa shape index (κ1) is 9.21. The second-order valence-corrected chi connectivity index (χ2v) is 4.27. The molecule has 0 fully saturated rings. The maximum absolute atomic E-state index is 8.59. The van der Waals surface area contributed by atoms with Gasteiger partial charge in [0.15, 0.2) is 0 Å². The first-order valence-electron chi connectivity index (χ1n) is 4.01. The number of nitriles is 1. The summed E-state index contributed by atoms with van der Waals surface area (Å²) in [5.41, 5.74) is 0. The van der Waals surface area contributed by atoms with Crippen LogP contribution in [0.15, 0.2) is 6.20 Å². The molecule has 0 spiro atoms. The number of aromatic nitrogens is 1. The molecule has 2 nitrogen and oxygen atoms in total. The van der Waals surface area contributed by atoms with Crippen molar-refractivity contribution < 1.29 is 0 Å². The van der Waals surface area contributed by atoms with Crippen molar-refractivity contribution in [2.45, 2.75) is 26.7 Å². The predicted molar refractivity (Wildman–Crippen MR) is 50.1 cm³/mol. The highest BCUT2D eigenvalue weighted by molar-refractivity contribution is 7.12. The lowest BCUT2D eigenvalue weighted by Crippen LogP contribution is -2.00. The minimum absolute atomic E-state index is 0.456. The monoisotopic (exact) mass is 180 g/mol. The van der Waals surface area contributed by atoms with E-state index in [4.69, 9.17) is 5.26 Å². The normalized spacial score (nSPS) is 12.9. The van der Waals surface area contributed by atoms with Crippen molar-refractivity contribution in [1.82, 2.24) is 4.98 Å². The van der Waals surface area contributed by atoms with Crippen LogP contribution in [0.25, 0.3) is 0 Å². The molecule has 0 saturated carbocycles. The van der Waals surface area contributed by atoms with Gasteiger partial charge in [-0.2, -0.15) is 5.26 Å². The highest BCUT2D eigenvalue weighted by Crippen LogP contribution is 2.26. The summed E-state index contributed by atoms with van der Waals surface area (Å²) in [7, 11) is 0. The molecule has 0 saturated heterocycles. The number of hydrogen-bond acceptors (Lipinski definition) is 3. The van der Waals surface area contributed by atoms with Gasteiger partial charge in [-0.3, -0.25) is 0 Å². The molecule has 0 aromatic carbocycles. The van der Waals surface area contributed by atoms with Crippen LogP contribution in [-0.4, -0.2) is 4.98 Å². The van der Waals surface area contributed by atoms with E-state index in [0.29, 0.717) is 16.7 Å². The van der Waals surface area contributed by atoms with Crippen molar-refractivity contribution in [3.05, 3.63) is 16.1 Å². The first-order valence-corrected chi connectivity index (χ1v) is 4.82. The molecule has 1 aromatic rings. The van der Waals surface area contributed by atoms with E-state index >= 15 is 0 Å². The molecule has 1 atom stereocenters. The van der Waals surface area contributed by atoms with E-state index in [1.165, 1.54) is 11.3 Å². The Morgan fingerprint density at radius 2 is 2.17 bits per heavy atom. The van der Waals surface area contributed by atoms with Crippen LogP contribution in [0.5, 0.6) is 0 Å². The van der Waals surface area contributed by atoms with Crippen molar-refractivity contribution in [3.63, 3.8) is 0 Å². The summed E-state index contributed by atoms with van der Waals surface area (Å²) in [4.78, 5) is 4.91. The van der Waals surface area contributed by atoms with E-state index in [0.717, 1.165) is 5.01 Å². The number of nitrogens with zero attached hydrogens (tertiary/aromatic N) is 2. The van der Waals surface area contributed by atoms with E-state index in [1.807, 2.05) is 0 Å². The van der Waals surface area contributed by atoms with Crippen molar-refractivity contribution in [2.24, 2.45) is 5.92 Å². The van der Waals surface area contributed by atoms with E-state index in [1.54, 1.807) is 6.20 Å². The fraction of sp³-hybridized carbons (Fsp3) is 0.556. The molecule has 0 N–H and O–H groups in total. The van der Waals surface area contributed by atoms with Crippen molar-refractivity contribution >= 4 is 11.3 Å². The third-order valence-electron chi connectivity index (χ3n) is 2.02. The maximum atomic E-state index is 8.59. The largest absolute Gasteiger partial charge is 0.248 e. The highest BCUT2D eigenvalue weighted by Gasteiger charge is 2.13. The summed E-state index contributed by atoms with van der Waals surface area (Å²) in [5.74, 6) is 1.04. The van der Waals surface area contributed by atoms with Crippen LogP contribution < -0.4 is 0 Å². The second-order valence-electron chi connectivity index (χ2n) is 3.21. The third kappa shape index (κ3) is 1.83. The lowest BCUT2D eigenvalue weighted by molar-refractivity contribution is 0.533. The number of thiazole rings is 1. The van der Waals surface area contributed by atoms with E-state index < -0.39 is 0 Å². The molecule has 3 heteroatoms. The van der Waals surface area contributed by atoms with Gasteiger partial charge in [0.2, 0.25) is 0 Å². The van der Waals surface area contributed by atoms with E-state index in [9.17, 15) is 0 Å². The summed E-state index contributed by atoms with van der Waals surface area (Å²) in [5, 5.41) is 9.66.